The molecule has 5 heteroatoms. The number of aliphatic hydroxyl groups excluding tert-OH is 1. The molecule has 80 valence electrons. The van der Waals surface area contributed by atoms with Crippen molar-refractivity contribution in [3.63, 3.8) is 0 Å². The summed E-state index contributed by atoms with van der Waals surface area (Å²) in [5.41, 5.74) is 6.66. The second-order valence-corrected chi connectivity index (χ2v) is 3.68. The predicted octanol–water partition coefficient (Wildman–Crippen LogP) is 1.96. The van der Waals surface area contributed by atoms with Crippen LogP contribution in [-0.4, -0.2) is 16.8 Å². The van der Waals surface area contributed by atoms with Crippen LogP contribution in [0.5, 0.6) is 5.75 Å². The zero-order valence-electron chi connectivity index (χ0n) is 7.48. The lowest BCUT2D eigenvalue weighted by Gasteiger charge is -2.10. The Bertz CT molecular complexity index is 296. The Morgan fingerprint density at radius 1 is 1.43 bits per heavy atom. The van der Waals surface area contributed by atoms with E-state index in [-0.39, 0.29) is 30.8 Å². The fraction of sp³-hybridized carbons (Fsp3) is 0.333. The molecule has 0 aliphatic rings. The molecule has 14 heavy (non-hydrogen) atoms. The molecule has 0 aliphatic carbocycles. The number of hydrogen-bond donors (Lipinski definition) is 3. The summed E-state index contributed by atoms with van der Waals surface area (Å²) < 4.78 is 0.624. The smallest absolute Gasteiger partial charge is 0.129 e. The summed E-state index contributed by atoms with van der Waals surface area (Å²) in [6.45, 7) is 0.0691. The maximum atomic E-state index is 9.22. The van der Waals surface area contributed by atoms with Crippen molar-refractivity contribution in [1.82, 2.24) is 0 Å². The Hall–Kier alpha value is -0.290. The zero-order chi connectivity index (χ0) is 9.84. The average molecular weight is 283 g/mol. The van der Waals surface area contributed by atoms with Crippen molar-refractivity contribution < 1.29 is 10.2 Å². The van der Waals surface area contributed by atoms with Crippen LogP contribution in [0, 0.1) is 0 Å². The van der Waals surface area contributed by atoms with Gasteiger partial charge in [-0.15, -0.1) is 12.4 Å². The first-order chi connectivity index (χ1) is 6.15. The molecule has 0 fully saturated rings. The Balaban J connectivity index is 0.00000169. The van der Waals surface area contributed by atoms with Gasteiger partial charge >= 0.3 is 0 Å². The van der Waals surface area contributed by atoms with Gasteiger partial charge in [0.05, 0.1) is 4.47 Å². The number of rotatable bonds is 3. The number of phenols is 1. The second kappa shape index (κ2) is 6.24. The van der Waals surface area contributed by atoms with E-state index >= 15 is 0 Å². The van der Waals surface area contributed by atoms with Gasteiger partial charge in [-0.1, -0.05) is 6.07 Å². The van der Waals surface area contributed by atoms with E-state index in [1.807, 2.05) is 0 Å². The number of benzene rings is 1. The molecule has 4 N–H and O–H groups in total. The van der Waals surface area contributed by atoms with Crippen LogP contribution in [0.25, 0.3) is 0 Å². The fourth-order valence-corrected chi connectivity index (χ4v) is 1.46. The number of phenolic OH excluding ortho intramolecular Hbond substituents is 1. The second-order valence-electron chi connectivity index (χ2n) is 2.83. The van der Waals surface area contributed by atoms with Crippen molar-refractivity contribution in [2.24, 2.45) is 5.73 Å². The largest absolute Gasteiger partial charge is 0.507 e. The lowest BCUT2D eigenvalue weighted by Crippen LogP contribution is -2.11. The maximum Gasteiger partial charge on any atom is 0.129 e. The molecule has 0 aromatic heterocycles. The molecule has 0 spiro atoms. The molecule has 1 unspecified atom stereocenters. The SMILES string of the molecule is Cl.NC(CCO)c1ccc(O)c(Br)c1. The van der Waals surface area contributed by atoms with Crippen molar-refractivity contribution in [3.05, 3.63) is 28.2 Å². The molecule has 0 bridgehead atoms. The van der Waals surface area contributed by atoms with Crippen LogP contribution in [0.15, 0.2) is 22.7 Å². The standard InChI is InChI=1S/C9H12BrNO2.ClH/c10-7-5-6(1-2-9(7)13)8(11)3-4-12;/h1-2,5,8,12-13H,3-4,11H2;1H. The zero-order valence-corrected chi connectivity index (χ0v) is 9.88. The minimum atomic E-state index is -0.179. The van der Waals surface area contributed by atoms with E-state index < -0.39 is 0 Å². The predicted molar refractivity (Wildman–Crippen MR) is 61.7 cm³/mol. The van der Waals surface area contributed by atoms with E-state index in [0.29, 0.717) is 10.9 Å². The molecule has 1 atom stereocenters. The van der Waals surface area contributed by atoms with E-state index in [1.165, 1.54) is 0 Å². The van der Waals surface area contributed by atoms with Gasteiger partial charge in [0, 0.05) is 12.6 Å². The van der Waals surface area contributed by atoms with E-state index in [9.17, 15) is 5.11 Å². The number of nitrogens with two attached hydrogens (primary N) is 1. The molecule has 0 amide bonds. The average Bonchev–Trinajstić information content (AvgIpc) is 2.10. The van der Waals surface area contributed by atoms with Crippen LogP contribution < -0.4 is 5.73 Å². The van der Waals surface area contributed by atoms with Crippen molar-refractivity contribution in [1.29, 1.82) is 0 Å². The number of aliphatic hydroxyl groups is 1. The highest BCUT2D eigenvalue weighted by atomic mass is 79.9. The van der Waals surface area contributed by atoms with Crippen molar-refractivity contribution >= 4 is 28.3 Å². The molecule has 3 nitrogen and oxygen atoms in total. The third kappa shape index (κ3) is 3.46. The molecule has 0 saturated heterocycles. The van der Waals surface area contributed by atoms with Crippen LogP contribution in [-0.2, 0) is 0 Å². The number of halogens is 2. The van der Waals surface area contributed by atoms with Gasteiger partial charge in [-0.25, -0.2) is 0 Å². The highest BCUT2D eigenvalue weighted by Gasteiger charge is 2.06. The minimum Gasteiger partial charge on any atom is -0.507 e. The summed E-state index contributed by atoms with van der Waals surface area (Å²) in [7, 11) is 0. The number of hydrogen-bond acceptors (Lipinski definition) is 3. The molecule has 1 aromatic carbocycles. The summed E-state index contributed by atoms with van der Waals surface area (Å²) in [5.74, 6) is 0.194. The summed E-state index contributed by atoms with van der Waals surface area (Å²) in [6, 6.07) is 4.91. The molecular weight excluding hydrogens is 269 g/mol. The quantitative estimate of drug-likeness (QED) is 0.794. The van der Waals surface area contributed by atoms with Gasteiger partial charge in [0.2, 0.25) is 0 Å². The van der Waals surface area contributed by atoms with Gasteiger partial charge in [-0.3, -0.25) is 0 Å². The minimum absolute atomic E-state index is 0. The molecule has 1 aromatic rings. The Kier molecular flexibility index (Phi) is 6.11. The molecule has 1 rings (SSSR count). The van der Waals surface area contributed by atoms with E-state index in [2.05, 4.69) is 15.9 Å². The fourth-order valence-electron chi connectivity index (χ4n) is 1.06. The first-order valence-corrected chi connectivity index (χ1v) is 4.79. The van der Waals surface area contributed by atoms with Gasteiger partial charge in [0.15, 0.2) is 0 Å². The van der Waals surface area contributed by atoms with Crippen LogP contribution in [0.3, 0.4) is 0 Å². The van der Waals surface area contributed by atoms with Gasteiger partial charge in [0.25, 0.3) is 0 Å². The van der Waals surface area contributed by atoms with E-state index in [1.54, 1.807) is 18.2 Å². The molecule has 0 saturated carbocycles. The third-order valence-electron chi connectivity index (χ3n) is 1.84. The maximum absolute atomic E-state index is 9.22. The van der Waals surface area contributed by atoms with Crippen LogP contribution in [0.1, 0.15) is 18.0 Å². The van der Waals surface area contributed by atoms with Crippen molar-refractivity contribution in [3.8, 4) is 5.75 Å². The highest BCUT2D eigenvalue weighted by molar-refractivity contribution is 9.10. The lowest BCUT2D eigenvalue weighted by molar-refractivity contribution is 0.276. The van der Waals surface area contributed by atoms with E-state index in [4.69, 9.17) is 10.8 Å². The van der Waals surface area contributed by atoms with Gasteiger partial charge in [0.1, 0.15) is 5.75 Å². The van der Waals surface area contributed by atoms with Gasteiger partial charge in [-0.2, -0.15) is 0 Å². The van der Waals surface area contributed by atoms with Crippen LogP contribution in [0.2, 0.25) is 0 Å². The first-order valence-electron chi connectivity index (χ1n) is 4.00. The Labute approximate surface area is 97.5 Å². The van der Waals surface area contributed by atoms with Gasteiger partial charge in [-0.05, 0) is 40.0 Å². The first kappa shape index (κ1) is 13.7. The van der Waals surface area contributed by atoms with Crippen LogP contribution in [0.4, 0.5) is 0 Å². The summed E-state index contributed by atoms with van der Waals surface area (Å²) in [5, 5.41) is 17.9. The molecule has 0 radical (unpaired) electrons. The van der Waals surface area contributed by atoms with Crippen molar-refractivity contribution in [2.75, 3.05) is 6.61 Å². The summed E-state index contributed by atoms with van der Waals surface area (Å²) in [4.78, 5) is 0. The summed E-state index contributed by atoms with van der Waals surface area (Å²) >= 11 is 3.20. The molecular formula is C9H13BrClNO2. The monoisotopic (exact) mass is 281 g/mol. The van der Waals surface area contributed by atoms with Crippen LogP contribution >= 0.6 is 28.3 Å². The Morgan fingerprint density at radius 3 is 2.57 bits per heavy atom. The normalized spacial score (nSPS) is 11.9. The van der Waals surface area contributed by atoms with Crippen molar-refractivity contribution in [2.45, 2.75) is 12.5 Å². The lowest BCUT2D eigenvalue weighted by atomic mass is 10.1. The van der Waals surface area contributed by atoms with Gasteiger partial charge < -0.3 is 15.9 Å². The summed E-state index contributed by atoms with van der Waals surface area (Å²) in [6.07, 6.45) is 0.525. The Morgan fingerprint density at radius 2 is 2.07 bits per heavy atom. The molecule has 0 aliphatic heterocycles. The number of aromatic hydroxyl groups is 1. The molecule has 0 heterocycles. The van der Waals surface area contributed by atoms with E-state index in [0.717, 1.165) is 5.56 Å². The highest BCUT2D eigenvalue weighted by Crippen LogP contribution is 2.27. The topological polar surface area (TPSA) is 66.5 Å². The third-order valence-corrected chi connectivity index (χ3v) is 2.48.